The zero-order valence-electron chi connectivity index (χ0n) is 18.8. The van der Waals surface area contributed by atoms with Gasteiger partial charge in [0, 0.05) is 6.42 Å². The lowest BCUT2D eigenvalue weighted by Crippen LogP contribution is -2.58. The molecule has 0 saturated carbocycles. The monoisotopic (exact) mass is 489 g/mol. The molecule has 0 radical (unpaired) electrons. The van der Waals surface area contributed by atoms with Gasteiger partial charge in [0.05, 0.1) is 18.9 Å². The third kappa shape index (κ3) is 12.3. The van der Waals surface area contributed by atoms with Crippen molar-refractivity contribution in [1.29, 1.82) is 0 Å². The van der Waals surface area contributed by atoms with Crippen LogP contribution in [0.1, 0.15) is 46.0 Å². The SMILES string of the molecule is CC(C)C[C@H](NC(=O)[C@H](CC(=O)O)NC(=O)[C@@H](N)CC(=O)O)C(=O)N[C@@H](CCC(=O)O)C(N)=O. The molecule has 34 heavy (non-hydrogen) atoms. The van der Waals surface area contributed by atoms with Crippen LogP contribution in [0.15, 0.2) is 0 Å². The molecule has 15 heteroatoms. The smallest absolute Gasteiger partial charge is 0.305 e. The van der Waals surface area contributed by atoms with Gasteiger partial charge in [-0.1, -0.05) is 13.8 Å². The Bertz CT molecular complexity index is 800. The molecule has 0 heterocycles. The Morgan fingerprint density at radius 1 is 0.706 bits per heavy atom. The normalized spacial score (nSPS) is 14.2. The minimum Gasteiger partial charge on any atom is -0.481 e. The number of carbonyl (C=O) groups is 7. The Labute approximate surface area is 194 Å². The molecule has 0 saturated heterocycles. The standard InChI is InChI=1S/C19H31N5O10/c1-8(2)5-11(18(33)22-10(16(21)31)3-4-13(25)26)24-19(34)12(7-15(29)30)23-17(32)9(20)6-14(27)28/h8-12H,3-7,20H2,1-2H3,(H2,21,31)(H,22,33)(H,23,32)(H,24,34)(H,25,26)(H,27,28)(H,29,30)/t9-,10-,11-,12-/m0/s1. The maximum Gasteiger partial charge on any atom is 0.305 e. The number of primary amides is 1. The van der Waals surface area contributed by atoms with Gasteiger partial charge in [0.1, 0.15) is 18.1 Å². The summed E-state index contributed by atoms with van der Waals surface area (Å²) in [6.07, 6.45) is -2.38. The fourth-order valence-corrected chi connectivity index (χ4v) is 2.74. The number of hydrogen-bond donors (Lipinski definition) is 8. The first-order valence-electron chi connectivity index (χ1n) is 10.2. The lowest BCUT2D eigenvalue weighted by atomic mass is 10.0. The second-order valence-electron chi connectivity index (χ2n) is 7.95. The van der Waals surface area contributed by atoms with Crippen LogP contribution >= 0.6 is 0 Å². The number of carboxylic acids is 3. The first-order valence-corrected chi connectivity index (χ1v) is 10.2. The summed E-state index contributed by atoms with van der Waals surface area (Å²) in [4.78, 5) is 81.6. The molecule has 0 aromatic rings. The van der Waals surface area contributed by atoms with Gasteiger partial charge in [0.2, 0.25) is 23.6 Å². The van der Waals surface area contributed by atoms with Crippen molar-refractivity contribution >= 4 is 41.5 Å². The average molecular weight is 489 g/mol. The summed E-state index contributed by atoms with van der Waals surface area (Å²) < 4.78 is 0. The van der Waals surface area contributed by atoms with Crippen molar-refractivity contribution in [2.24, 2.45) is 17.4 Å². The number of rotatable bonds is 16. The first-order chi connectivity index (χ1) is 15.6. The summed E-state index contributed by atoms with van der Waals surface area (Å²) in [5.74, 6) is -8.27. The molecule has 15 nitrogen and oxygen atoms in total. The number of amides is 4. The molecule has 10 N–H and O–H groups in total. The van der Waals surface area contributed by atoms with Crippen LogP contribution in [0.25, 0.3) is 0 Å². The van der Waals surface area contributed by atoms with E-state index in [1.807, 2.05) is 0 Å². The lowest BCUT2D eigenvalue weighted by molar-refractivity contribution is -0.142. The summed E-state index contributed by atoms with van der Waals surface area (Å²) in [5, 5.41) is 33.2. The molecule has 0 aliphatic heterocycles. The van der Waals surface area contributed by atoms with Crippen molar-refractivity contribution in [2.75, 3.05) is 0 Å². The molecule has 4 amide bonds. The Balaban J connectivity index is 5.54. The number of aliphatic carboxylic acids is 3. The van der Waals surface area contributed by atoms with E-state index in [9.17, 15) is 33.6 Å². The van der Waals surface area contributed by atoms with E-state index in [1.165, 1.54) is 0 Å². The highest BCUT2D eigenvalue weighted by atomic mass is 16.4. The zero-order chi connectivity index (χ0) is 26.6. The molecule has 0 aliphatic rings. The summed E-state index contributed by atoms with van der Waals surface area (Å²) in [6.45, 7) is 3.42. The summed E-state index contributed by atoms with van der Waals surface area (Å²) in [7, 11) is 0. The number of carbonyl (C=O) groups excluding carboxylic acids is 4. The van der Waals surface area contributed by atoms with Crippen LogP contribution in [-0.4, -0.2) is 81.0 Å². The van der Waals surface area contributed by atoms with E-state index in [-0.39, 0.29) is 18.8 Å². The predicted molar refractivity (Wildman–Crippen MR) is 114 cm³/mol. The van der Waals surface area contributed by atoms with E-state index in [0.717, 1.165) is 0 Å². The van der Waals surface area contributed by atoms with E-state index in [2.05, 4.69) is 16.0 Å². The number of nitrogens with two attached hydrogens (primary N) is 2. The van der Waals surface area contributed by atoms with E-state index in [4.69, 9.17) is 26.8 Å². The highest BCUT2D eigenvalue weighted by Crippen LogP contribution is 2.08. The fraction of sp³-hybridized carbons (Fsp3) is 0.632. The highest BCUT2D eigenvalue weighted by Gasteiger charge is 2.32. The van der Waals surface area contributed by atoms with Crippen LogP contribution in [0.3, 0.4) is 0 Å². The maximum atomic E-state index is 12.7. The molecule has 0 bridgehead atoms. The predicted octanol–water partition coefficient (Wildman–Crippen LogP) is -2.89. The lowest BCUT2D eigenvalue weighted by Gasteiger charge is -2.25. The molecule has 0 aliphatic carbocycles. The van der Waals surface area contributed by atoms with Crippen molar-refractivity contribution in [3.8, 4) is 0 Å². The van der Waals surface area contributed by atoms with Crippen LogP contribution in [-0.2, 0) is 33.6 Å². The van der Waals surface area contributed by atoms with Gasteiger partial charge >= 0.3 is 17.9 Å². The minimum absolute atomic E-state index is 0.0360. The van der Waals surface area contributed by atoms with Crippen molar-refractivity contribution in [1.82, 2.24) is 16.0 Å². The summed E-state index contributed by atoms with van der Waals surface area (Å²) in [5.41, 5.74) is 10.6. The van der Waals surface area contributed by atoms with E-state index in [1.54, 1.807) is 13.8 Å². The van der Waals surface area contributed by atoms with Crippen LogP contribution in [0.4, 0.5) is 0 Å². The molecule has 0 aromatic heterocycles. The number of carboxylic acid groups (broad SMARTS) is 3. The van der Waals surface area contributed by atoms with Crippen LogP contribution in [0.5, 0.6) is 0 Å². The largest absolute Gasteiger partial charge is 0.481 e. The molecule has 0 fully saturated rings. The maximum absolute atomic E-state index is 12.7. The van der Waals surface area contributed by atoms with Gasteiger partial charge in [-0.25, -0.2) is 0 Å². The van der Waals surface area contributed by atoms with Gasteiger partial charge in [-0.3, -0.25) is 33.6 Å². The van der Waals surface area contributed by atoms with Crippen LogP contribution in [0, 0.1) is 5.92 Å². The Kier molecular flexibility index (Phi) is 12.8. The number of nitrogens with one attached hydrogen (secondary N) is 3. The molecular weight excluding hydrogens is 458 g/mol. The Morgan fingerprint density at radius 3 is 1.62 bits per heavy atom. The highest BCUT2D eigenvalue weighted by molar-refractivity contribution is 5.96. The van der Waals surface area contributed by atoms with E-state index < -0.39 is 85.0 Å². The second kappa shape index (κ2) is 14.4. The molecule has 4 atom stereocenters. The molecule has 0 aromatic carbocycles. The topological polar surface area (TPSA) is 268 Å². The van der Waals surface area contributed by atoms with E-state index >= 15 is 0 Å². The number of hydrogen-bond acceptors (Lipinski definition) is 8. The van der Waals surface area contributed by atoms with E-state index in [0.29, 0.717) is 0 Å². The molecule has 0 unspecified atom stereocenters. The molecule has 0 spiro atoms. The first kappa shape index (κ1) is 30.2. The third-order valence-corrected chi connectivity index (χ3v) is 4.39. The zero-order valence-corrected chi connectivity index (χ0v) is 18.8. The van der Waals surface area contributed by atoms with Gasteiger partial charge < -0.3 is 42.7 Å². The van der Waals surface area contributed by atoms with Crippen molar-refractivity contribution in [3.05, 3.63) is 0 Å². The van der Waals surface area contributed by atoms with Gasteiger partial charge in [0.15, 0.2) is 0 Å². The van der Waals surface area contributed by atoms with Crippen LogP contribution < -0.4 is 27.4 Å². The van der Waals surface area contributed by atoms with Crippen molar-refractivity contribution < 1.29 is 48.9 Å². The Hall–Kier alpha value is -3.75. The quantitative estimate of drug-likeness (QED) is 0.109. The van der Waals surface area contributed by atoms with Crippen LogP contribution in [0.2, 0.25) is 0 Å². The second-order valence-corrected chi connectivity index (χ2v) is 7.95. The van der Waals surface area contributed by atoms with Gasteiger partial charge in [-0.2, -0.15) is 0 Å². The third-order valence-electron chi connectivity index (χ3n) is 4.39. The van der Waals surface area contributed by atoms with Gasteiger partial charge in [-0.05, 0) is 18.8 Å². The van der Waals surface area contributed by atoms with Gasteiger partial charge in [0.25, 0.3) is 0 Å². The average Bonchev–Trinajstić information content (AvgIpc) is 2.68. The summed E-state index contributed by atoms with van der Waals surface area (Å²) >= 11 is 0. The van der Waals surface area contributed by atoms with Crippen molar-refractivity contribution in [2.45, 2.75) is 70.1 Å². The summed E-state index contributed by atoms with van der Waals surface area (Å²) in [6, 6.07) is -5.87. The van der Waals surface area contributed by atoms with Gasteiger partial charge in [-0.15, -0.1) is 0 Å². The molecule has 192 valence electrons. The van der Waals surface area contributed by atoms with Crippen molar-refractivity contribution in [3.63, 3.8) is 0 Å². The Morgan fingerprint density at radius 2 is 1.18 bits per heavy atom. The molecular formula is C19H31N5O10. The fourth-order valence-electron chi connectivity index (χ4n) is 2.74. The molecule has 0 rings (SSSR count). The minimum atomic E-state index is -1.69.